The van der Waals surface area contributed by atoms with Gasteiger partial charge in [-0.3, -0.25) is 0 Å². The van der Waals surface area contributed by atoms with Crippen molar-refractivity contribution >= 4 is 15.7 Å². The molecular formula is C24H40N2O3S. The third kappa shape index (κ3) is 6.19. The van der Waals surface area contributed by atoms with E-state index in [1.807, 2.05) is 27.0 Å². The lowest BCUT2D eigenvalue weighted by molar-refractivity contribution is -0.00546. The minimum atomic E-state index is -3.01. The SMILES string of the molecule is C[C@@H]1CN(c2ccc(CCC3CCC(CS(=O)(=O)C(C)(C)C)CC3)cn2)C[C@H](C)O1. The Morgan fingerprint density at radius 3 is 2.17 bits per heavy atom. The molecule has 1 saturated carbocycles. The molecule has 6 heteroatoms. The van der Waals surface area contributed by atoms with Gasteiger partial charge in [0.25, 0.3) is 0 Å². The van der Waals surface area contributed by atoms with E-state index in [0.717, 1.165) is 51.0 Å². The summed E-state index contributed by atoms with van der Waals surface area (Å²) in [5.74, 6) is 2.44. The van der Waals surface area contributed by atoms with Crippen LogP contribution in [0.15, 0.2) is 18.3 Å². The Morgan fingerprint density at radius 2 is 1.63 bits per heavy atom. The molecule has 1 saturated heterocycles. The first-order chi connectivity index (χ1) is 14.0. The smallest absolute Gasteiger partial charge is 0.155 e. The number of hydrogen-bond acceptors (Lipinski definition) is 5. The highest BCUT2D eigenvalue weighted by Gasteiger charge is 2.33. The quantitative estimate of drug-likeness (QED) is 0.650. The maximum absolute atomic E-state index is 12.5. The molecular weight excluding hydrogens is 396 g/mol. The molecule has 1 aromatic heterocycles. The Kier molecular flexibility index (Phi) is 7.49. The predicted molar refractivity (Wildman–Crippen MR) is 124 cm³/mol. The number of aromatic nitrogens is 1. The van der Waals surface area contributed by atoms with E-state index < -0.39 is 14.6 Å². The molecule has 1 aliphatic carbocycles. The van der Waals surface area contributed by atoms with Crippen LogP contribution >= 0.6 is 0 Å². The molecule has 0 aromatic carbocycles. The van der Waals surface area contributed by atoms with Crippen molar-refractivity contribution in [1.29, 1.82) is 0 Å². The Bertz CT molecular complexity index is 768. The van der Waals surface area contributed by atoms with Gasteiger partial charge < -0.3 is 9.64 Å². The summed E-state index contributed by atoms with van der Waals surface area (Å²) in [6.07, 6.45) is 9.13. The Balaban J connectivity index is 1.44. The van der Waals surface area contributed by atoms with Crippen LogP contribution in [0.4, 0.5) is 5.82 Å². The second kappa shape index (κ2) is 9.56. The van der Waals surface area contributed by atoms with Crippen molar-refractivity contribution in [1.82, 2.24) is 4.98 Å². The van der Waals surface area contributed by atoms with Gasteiger partial charge in [-0.1, -0.05) is 18.9 Å². The fourth-order valence-corrected chi connectivity index (χ4v) is 6.19. The van der Waals surface area contributed by atoms with Crippen LogP contribution in [0, 0.1) is 11.8 Å². The molecule has 5 nitrogen and oxygen atoms in total. The van der Waals surface area contributed by atoms with Gasteiger partial charge in [0.05, 0.1) is 22.7 Å². The summed E-state index contributed by atoms with van der Waals surface area (Å²) in [6.45, 7) is 11.5. The van der Waals surface area contributed by atoms with Gasteiger partial charge in [-0.15, -0.1) is 0 Å². The molecule has 1 aliphatic heterocycles. The minimum absolute atomic E-state index is 0.240. The maximum atomic E-state index is 12.5. The lowest BCUT2D eigenvalue weighted by Gasteiger charge is -2.36. The van der Waals surface area contributed by atoms with Gasteiger partial charge in [0.15, 0.2) is 9.84 Å². The highest BCUT2D eigenvalue weighted by molar-refractivity contribution is 7.92. The highest BCUT2D eigenvalue weighted by Crippen LogP contribution is 2.34. The zero-order valence-corrected chi connectivity index (χ0v) is 20.2. The molecule has 0 spiro atoms. The van der Waals surface area contributed by atoms with Gasteiger partial charge in [-0.2, -0.15) is 0 Å². The molecule has 0 unspecified atom stereocenters. The summed E-state index contributed by atoms with van der Waals surface area (Å²) in [5.41, 5.74) is 1.30. The summed E-state index contributed by atoms with van der Waals surface area (Å²) < 4.78 is 30.1. The van der Waals surface area contributed by atoms with Crippen LogP contribution in [0.1, 0.15) is 72.3 Å². The van der Waals surface area contributed by atoms with Crippen molar-refractivity contribution in [3.63, 3.8) is 0 Å². The molecule has 2 atom stereocenters. The first-order valence-electron chi connectivity index (χ1n) is 11.6. The first-order valence-corrected chi connectivity index (χ1v) is 13.3. The maximum Gasteiger partial charge on any atom is 0.155 e. The summed E-state index contributed by atoms with van der Waals surface area (Å²) >= 11 is 0. The predicted octanol–water partition coefficient (Wildman–Crippen LogP) is 4.65. The van der Waals surface area contributed by atoms with Gasteiger partial charge in [-0.25, -0.2) is 13.4 Å². The molecule has 2 fully saturated rings. The van der Waals surface area contributed by atoms with Crippen LogP contribution in [0.5, 0.6) is 0 Å². The van der Waals surface area contributed by atoms with Crippen molar-refractivity contribution < 1.29 is 13.2 Å². The molecule has 0 radical (unpaired) electrons. The van der Waals surface area contributed by atoms with Crippen molar-refractivity contribution in [2.24, 2.45) is 11.8 Å². The number of sulfone groups is 1. The Hall–Kier alpha value is -1.14. The van der Waals surface area contributed by atoms with Crippen LogP contribution in [0.25, 0.3) is 0 Å². The number of anilines is 1. The zero-order valence-electron chi connectivity index (χ0n) is 19.4. The van der Waals surface area contributed by atoms with Gasteiger partial charge in [0.1, 0.15) is 5.82 Å². The van der Waals surface area contributed by atoms with E-state index in [2.05, 4.69) is 30.9 Å². The van der Waals surface area contributed by atoms with E-state index in [-0.39, 0.29) is 12.2 Å². The molecule has 2 heterocycles. The summed E-state index contributed by atoms with van der Waals surface area (Å²) in [4.78, 5) is 7.03. The van der Waals surface area contributed by atoms with Gasteiger partial charge in [-0.05, 0) is 83.8 Å². The second-order valence-corrected chi connectivity index (χ2v) is 13.3. The summed E-state index contributed by atoms with van der Waals surface area (Å²) in [7, 11) is -3.01. The van der Waals surface area contributed by atoms with Crippen LogP contribution in [-0.4, -0.2) is 49.2 Å². The monoisotopic (exact) mass is 436 g/mol. The summed E-state index contributed by atoms with van der Waals surface area (Å²) in [5, 5.41) is 0. The molecule has 30 heavy (non-hydrogen) atoms. The highest BCUT2D eigenvalue weighted by atomic mass is 32.2. The molecule has 2 aliphatic rings. The normalized spacial score (nSPS) is 28.5. The second-order valence-electron chi connectivity index (χ2n) is 10.5. The molecule has 1 aromatic rings. The first kappa shape index (κ1) is 23.5. The molecule has 0 amide bonds. The number of ether oxygens (including phenoxy) is 1. The number of pyridine rings is 1. The fraction of sp³-hybridized carbons (Fsp3) is 0.792. The van der Waals surface area contributed by atoms with E-state index in [1.165, 1.54) is 12.0 Å². The topological polar surface area (TPSA) is 59.5 Å². The van der Waals surface area contributed by atoms with Crippen molar-refractivity contribution in [2.45, 2.75) is 90.1 Å². The number of aryl methyl sites for hydroxylation is 1. The number of morpholine rings is 1. The molecule has 0 bridgehead atoms. The fourth-order valence-electron chi connectivity index (χ4n) is 4.73. The third-order valence-electron chi connectivity index (χ3n) is 6.75. The number of rotatable bonds is 6. The van der Waals surface area contributed by atoms with E-state index >= 15 is 0 Å². The van der Waals surface area contributed by atoms with Gasteiger partial charge in [0.2, 0.25) is 0 Å². The molecule has 3 rings (SSSR count). The number of nitrogens with zero attached hydrogens (tertiary/aromatic N) is 2. The third-order valence-corrected chi connectivity index (χ3v) is 9.52. The average molecular weight is 437 g/mol. The van der Waals surface area contributed by atoms with Gasteiger partial charge in [0, 0.05) is 19.3 Å². The van der Waals surface area contributed by atoms with Gasteiger partial charge >= 0.3 is 0 Å². The van der Waals surface area contributed by atoms with Crippen LogP contribution in [0.2, 0.25) is 0 Å². The molecule has 0 N–H and O–H groups in total. The van der Waals surface area contributed by atoms with E-state index in [0.29, 0.717) is 17.6 Å². The van der Waals surface area contributed by atoms with Crippen LogP contribution < -0.4 is 4.90 Å². The van der Waals surface area contributed by atoms with E-state index in [4.69, 9.17) is 9.72 Å². The standard InChI is InChI=1S/C24H40N2O3S/c1-18-15-26(16-19(2)29-18)23-13-12-21(14-25-23)9-6-20-7-10-22(11-8-20)17-30(27,28)24(3,4)5/h12-14,18-20,22H,6-11,15-17H2,1-5H3/t18-,19+,20?,22?. The molecule has 170 valence electrons. The zero-order chi connectivity index (χ0) is 21.9. The number of hydrogen-bond donors (Lipinski definition) is 0. The summed E-state index contributed by atoms with van der Waals surface area (Å²) in [6, 6.07) is 4.36. The lowest BCUT2D eigenvalue weighted by Crippen LogP contribution is -2.45. The average Bonchev–Trinajstić information content (AvgIpc) is 2.66. The van der Waals surface area contributed by atoms with Crippen molar-refractivity contribution in [3.05, 3.63) is 23.9 Å². The van der Waals surface area contributed by atoms with E-state index in [1.54, 1.807) is 0 Å². The Morgan fingerprint density at radius 1 is 1.03 bits per heavy atom. The minimum Gasteiger partial charge on any atom is -0.372 e. The van der Waals surface area contributed by atoms with Crippen LogP contribution in [0.3, 0.4) is 0 Å². The van der Waals surface area contributed by atoms with Crippen molar-refractivity contribution in [3.8, 4) is 0 Å². The van der Waals surface area contributed by atoms with Crippen molar-refractivity contribution in [2.75, 3.05) is 23.7 Å². The van der Waals surface area contributed by atoms with E-state index in [9.17, 15) is 8.42 Å². The largest absolute Gasteiger partial charge is 0.372 e. The Labute approximate surface area is 183 Å². The van der Waals surface area contributed by atoms with Crippen LogP contribution in [-0.2, 0) is 21.0 Å². The lowest BCUT2D eigenvalue weighted by atomic mass is 9.80.